The number of carbonyl (C=O) groups is 1. The van der Waals surface area contributed by atoms with Gasteiger partial charge >= 0.3 is 13.9 Å². The summed E-state index contributed by atoms with van der Waals surface area (Å²) in [5.74, 6) is 0.210. The van der Waals surface area contributed by atoms with E-state index in [4.69, 9.17) is 28.5 Å². The molecule has 5 rings (SSSR count). The van der Waals surface area contributed by atoms with Crippen LogP contribution in [-0.4, -0.2) is 66.8 Å². The third-order valence-electron chi connectivity index (χ3n) is 5.53. The number of nitrogens with one attached hydrogen (secondary N) is 2. The Morgan fingerprint density at radius 2 is 1.91 bits per heavy atom. The van der Waals surface area contributed by atoms with Crippen molar-refractivity contribution in [3.05, 3.63) is 48.5 Å². The van der Waals surface area contributed by atoms with Gasteiger partial charge in [-0.1, -0.05) is 30.3 Å². The Bertz CT molecular complexity index is 1250. The van der Waals surface area contributed by atoms with Crippen molar-refractivity contribution >= 4 is 30.8 Å². The largest absolute Gasteiger partial charge is 0.469 e. The van der Waals surface area contributed by atoms with Gasteiger partial charge in [-0.25, -0.2) is 24.3 Å². The molecule has 186 valence electrons. The average molecular weight is 506 g/mol. The van der Waals surface area contributed by atoms with E-state index in [1.807, 2.05) is 30.3 Å². The van der Waals surface area contributed by atoms with E-state index < -0.39 is 51.3 Å². The van der Waals surface area contributed by atoms with Gasteiger partial charge in [0.1, 0.15) is 24.6 Å². The van der Waals surface area contributed by atoms with Crippen molar-refractivity contribution in [1.29, 1.82) is 0 Å². The van der Waals surface area contributed by atoms with E-state index in [1.165, 1.54) is 12.7 Å². The Balaban J connectivity index is 1.45. The van der Waals surface area contributed by atoms with Gasteiger partial charge in [0, 0.05) is 12.1 Å². The Kier molecular flexibility index (Phi) is 6.51. The van der Waals surface area contributed by atoms with Crippen molar-refractivity contribution in [1.82, 2.24) is 24.8 Å². The lowest BCUT2D eigenvalue weighted by Crippen LogP contribution is -2.31. The van der Waals surface area contributed by atoms with Crippen LogP contribution in [0.15, 0.2) is 43.0 Å². The molecule has 1 aromatic carbocycles. The zero-order valence-corrected chi connectivity index (χ0v) is 19.3. The molecule has 1 unspecified atom stereocenters. The summed E-state index contributed by atoms with van der Waals surface area (Å²) < 4.78 is 35.9. The van der Waals surface area contributed by atoms with Crippen molar-refractivity contribution < 1.29 is 37.9 Å². The van der Waals surface area contributed by atoms with Gasteiger partial charge < -0.3 is 29.3 Å². The first-order chi connectivity index (χ1) is 16.8. The second-order valence-electron chi connectivity index (χ2n) is 7.83. The summed E-state index contributed by atoms with van der Waals surface area (Å²) in [6, 6.07) is 8.83. The molecule has 0 saturated carbocycles. The third-order valence-corrected chi connectivity index (χ3v) is 6.01. The first kappa shape index (κ1) is 23.8. The van der Waals surface area contributed by atoms with Crippen LogP contribution in [0.1, 0.15) is 25.0 Å². The van der Waals surface area contributed by atoms with Crippen LogP contribution in [-0.2, 0) is 23.3 Å². The van der Waals surface area contributed by atoms with Gasteiger partial charge in [-0.2, -0.15) is 0 Å². The molecule has 14 nitrogen and oxygen atoms in total. The molecule has 4 N–H and O–H groups in total. The predicted molar refractivity (Wildman–Crippen MR) is 119 cm³/mol. The molecule has 0 spiro atoms. The molecule has 4 heterocycles. The van der Waals surface area contributed by atoms with Gasteiger partial charge in [0.25, 0.3) is 0 Å². The number of aromatic nitrogens is 4. The van der Waals surface area contributed by atoms with Crippen LogP contribution in [0.3, 0.4) is 0 Å². The highest BCUT2D eigenvalue weighted by Crippen LogP contribution is 2.46. The Morgan fingerprint density at radius 3 is 2.66 bits per heavy atom. The molecule has 2 aromatic heterocycles. The minimum absolute atomic E-state index is 0.210. The number of rotatable bonds is 7. The van der Waals surface area contributed by atoms with Crippen LogP contribution >= 0.6 is 7.82 Å². The number of fused-ring (bicyclic) bond motifs is 2. The van der Waals surface area contributed by atoms with E-state index in [0.717, 1.165) is 5.56 Å². The van der Waals surface area contributed by atoms with Gasteiger partial charge in [-0.15, -0.1) is 0 Å². The maximum atomic E-state index is 12.0. The number of phosphoric acid groups is 1. The van der Waals surface area contributed by atoms with E-state index in [0.29, 0.717) is 17.7 Å². The lowest BCUT2D eigenvalue weighted by molar-refractivity contribution is -0.152. The fraction of sp³-hybridized carbons (Fsp3) is 0.400. The highest BCUT2D eigenvalue weighted by atomic mass is 31.2. The van der Waals surface area contributed by atoms with Crippen molar-refractivity contribution in [3.63, 3.8) is 0 Å². The molecule has 2 saturated heterocycles. The number of nitrogens with zero attached hydrogens (tertiary/aromatic N) is 4. The molecule has 3 aromatic rings. The molecular weight excluding hydrogens is 483 g/mol. The summed E-state index contributed by atoms with van der Waals surface area (Å²) in [4.78, 5) is 43.0. The second kappa shape index (κ2) is 9.59. The number of ether oxygens (including phenoxy) is 3. The number of hydrogen-bond acceptors (Lipinski definition) is 9. The molecular formula is C20H23N6O8P. The normalized spacial score (nSPS) is 26.1. The third kappa shape index (κ3) is 4.90. The molecule has 5 atom stereocenters. The molecule has 0 radical (unpaired) electrons. The van der Waals surface area contributed by atoms with Crippen molar-refractivity contribution in [3.8, 4) is 0 Å². The van der Waals surface area contributed by atoms with Crippen molar-refractivity contribution in [2.45, 2.75) is 37.8 Å². The zero-order chi connectivity index (χ0) is 24.6. The van der Waals surface area contributed by atoms with Crippen molar-refractivity contribution in [2.24, 2.45) is 0 Å². The van der Waals surface area contributed by atoms with Crippen molar-refractivity contribution in [2.75, 3.05) is 18.5 Å². The Labute approximate surface area is 198 Å². The average Bonchev–Trinajstić information content (AvgIpc) is 3.52. The van der Waals surface area contributed by atoms with E-state index >= 15 is 0 Å². The number of urea groups is 1. The summed E-state index contributed by atoms with van der Waals surface area (Å²) >= 11 is 0. The first-order valence-corrected chi connectivity index (χ1v) is 12.3. The van der Waals surface area contributed by atoms with E-state index in [9.17, 15) is 9.36 Å². The fourth-order valence-corrected chi connectivity index (χ4v) is 4.41. The number of carbonyl (C=O) groups excluding carboxylic acids is 1. The lowest BCUT2D eigenvalue weighted by atomic mass is 10.1. The number of phosphoric ester groups is 1. The zero-order valence-electron chi connectivity index (χ0n) is 18.4. The van der Waals surface area contributed by atoms with E-state index in [2.05, 4.69) is 25.6 Å². The van der Waals surface area contributed by atoms with Gasteiger partial charge in [0.2, 0.25) is 0 Å². The summed E-state index contributed by atoms with van der Waals surface area (Å²) in [5.41, 5.74) is 1.47. The first-order valence-electron chi connectivity index (χ1n) is 10.8. The lowest BCUT2D eigenvalue weighted by Gasteiger charge is -2.21. The maximum absolute atomic E-state index is 12.0. The molecule has 35 heavy (non-hydrogen) atoms. The van der Waals surface area contributed by atoms with E-state index in [-0.39, 0.29) is 5.82 Å². The molecule has 0 aliphatic carbocycles. The van der Waals surface area contributed by atoms with Crippen LogP contribution in [0.4, 0.5) is 10.6 Å². The van der Waals surface area contributed by atoms with Crippen LogP contribution in [0.5, 0.6) is 0 Å². The second-order valence-corrected chi connectivity index (χ2v) is 9.07. The summed E-state index contributed by atoms with van der Waals surface area (Å²) in [7, 11) is -4.74. The van der Waals surface area contributed by atoms with Crippen LogP contribution in [0, 0.1) is 0 Å². The maximum Gasteiger partial charge on any atom is 0.469 e. The molecule has 0 bridgehead atoms. The van der Waals surface area contributed by atoms with Gasteiger partial charge in [-0.3, -0.25) is 14.4 Å². The van der Waals surface area contributed by atoms with Crippen LogP contribution in [0.25, 0.3) is 11.2 Å². The monoisotopic (exact) mass is 506 g/mol. The Morgan fingerprint density at radius 1 is 1.14 bits per heavy atom. The molecule has 2 aliphatic heterocycles. The van der Waals surface area contributed by atoms with Crippen LogP contribution in [0.2, 0.25) is 0 Å². The minimum Gasteiger partial charge on any atom is -0.347 e. The highest BCUT2D eigenvalue weighted by Gasteiger charge is 2.54. The van der Waals surface area contributed by atoms with Crippen LogP contribution < -0.4 is 10.6 Å². The summed E-state index contributed by atoms with van der Waals surface area (Å²) in [6.07, 6.45) is -0.983. The molecule has 15 heteroatoms. The number of imidazole rings is 1. The Hall–Kier alpha value is -2.97. The number of benzene rings is 1. The fourth-order valence-electron chi connectivity index (χ4n) is 4.07. The number of hydrogen-bond donors (Lipinski definition) is 4. The van der Waals surface area contributed by atoms with Gasteiger partial charge in [-0.05, 0) is 6.92 Å². The minimum atomic E-state index is -4.74. The molecule has 2 fully saturated rings. The predicted octanol–water partition coefficient (Wildman–Crippen LogP) is 1.46. The molecule has 2 amide bonds. The standard InChI is InChI=1S/C20H23N6O8P/c1-2-21-20(27)25-16-13-17(23-9-22-16)26(10-24-13)18-15-14(12(32-18)8-31-35(28,29)30)33-19(34-15)11-6-4-3-5-7-11/h3-7,9-10,12,14-15,18-19H,2,8H2,1H3,(H2,28,29,30)(H2,21,22,23,25,27)/t12-,14+,15?,18-,19-/m1/s1. The summed E-state index contributed by atoms with van der Waals surface area (Å²) in [6.45, 7) is 1.81. The summed E-state index contributed by atoms with van der Waals surface area (Å²) in [5, 5.41) is 5.25. The van der Waals surface area contributed by atoms with Gasteiger partial charge in [0.15, 0.2) is 29.5 Å². The number of anilines is 1. The topological polar surface area (TPSA) is 179 Å². The SMILES string of the molecule is CCNC(=O)Nc1ncnc2c1ncn2[C@@H]1O[C@H](COP(=O)(O)O)[C@@H]2O[C@@H](c3ccccc3)OC21. The highest BCUT2D eigenvalue weighted by molar-refractivity contribution is 7.46. The molecule has 2 aliphatic rings. The van der Waals surface area contributed by atoms with E-state index in [1.54, 1.807) is 11.5 Å². The smallest absolute Gasteiger partial charge is 0.347 e. The number of amides is 2. The quantitative estimate of drug-likeness (QED) is 0.341. The van der Waals surface area contributed by atoms with Gasteiger partial charge in [0.05, 0.1) is 12.9 Å².